The summed E-state index contributed by atoms with van der Waals surface area (Å²) >= 11 is 5.31. The van der Waals surface area contributed by atoms with Crippen LogP contribution in [0.1, 0.15) is 5.69 Å². The van der Waals surface area contributed by atoms with Gasteiger partial charge in [0.2, 0.25) is 0 Å². The van der Waals surface area contributed by atoms with E-state index in [0.29, 0.717) is 0 Å². The first kappa shape index (κ1) is 7.74. The van der Waals surface area contributed by atoms with Crippen LogP contribution in [0.4, 0.5) is 0 Å². The van der Waals surface area contributed by atoms with Gasteiger partial charge in [-0.25, -0.2) is 4.98 Å². The molecule has 0 unspecified atom stereocenters. The van der Waals surface area contributed by atoms with Crippen LogP contribution in [-0.2, 0) is 0 Å². The number of hydrogen-bond donors (Lipinski definition) is 2. The maximum Gasteiger partial charge on any atom is 0.277 e. The molecule has 0 fully saturated rings. The van der Waals surface area contributed by atoms with Crippen molar-refractivity contribution in [3.8, 4) is 0 Å². The third-order valence-electron chi connectivity index (χ3n) is 0.991. The Bertz CT molecular complexity index is 332. The summed E-state index contributed by atoms with van der Waals surface area (Å²) in [6.45, 7) is 0. The first-order valence-corrected chi connectivity index (χ1v) is 3.05. The Morgan fingerprint density at radius 1 is 1.82 bits per heavy atom. The number of hydrogen-bond acceptors (Lipinski definition) is 4. The highest BCUT2D eigenvalue weighted by Gasteiger charge is 2.05. The van der Waals surface area contributed by atoms with Crippen molar-refractivity contribution >= 4 is 16.8 Å². The molecule has 0 spiro atoms. The van der Waals surface area contributed by atoms with Crippen LogP contribution in [0.5, 0.6) is 0 Å². The Morgan fingerprint density at radius 3 is 3.09 bits per heavy atom. The van der Waals surface area contributed by atoms with E-state index in [4.69, 9.17) is 16.8 Å². The fraction of sp³-hybridized carbons (Fsp3) is 0. The van der Waals surface area contributed by atoms with Gasteiger partial charge in [0.1, 0.15) is 0 Å². The molecule has 1 rings (SSSR count). The molecule has 1 aromatic rings. The van der Waals surface area contributed by atoms with E-state index in [-0.39, 0.29) is 10.9 Å². The maximum absolute atomic E-state index is 10.8. The molecule has 1 heterocycles. The number of nitrogens with zero attached hydrogens (tertiary/aromatic N) is 2. The standard InChI is InChI=1S/C5H4ClN3O2/c6-4(9-11)3-5(10)8-2-1-7-3/h1-2,11H,(H,8,10)/b9-4-. The van der Waals surface area contributed by atoms with Crippen molar-refractivity contribution < 1.29 is 5.21 Å². The Morgan fingerprint density at radius 2 is 2.55 bits per heavy atom. The number of aromatic nitrogens is 2. The Balaban J connectivity index is 3.25. The van der Waals surface area contributed by atoms with Crippen molar-refractivity contribution in [3.63, 3.8) is 0 Å². The summed E-state index contributed by atoms with van der Waals surface area (Å²) in [6, 6.07) is 0. The molecule has 5 nitrogen and oxygen atoms in total. The average Bonchev–Trinajstić information content (AvgIpc) is 2.04. The zero-order chi connectivity index (χ0) is 8.27. The normalized spacial score (nSPS) is 11.5. The number of rotatable bonds is 1. The van der Waals surface area contributed by atoms with Gasteiger partial charge >= 0.3 is 0 Å². The minimum absolute atomic E-state index is 0.100. The van der Waals surface area contributed by atoms with Gasteiger partial charge < -0.3 is 10.2 Å². The van der Waals surface area contributed by atoms with Gasteiger partial charge in [0, 0.05) is 12.4 Å². The number of nitrogens with one attached hydrogen (secondary N) is 1. The van der Waals surface area contributed by atoms with Crippen LogP contribution in [0.25, 0.3) is 0 Å². The number of H-pyrrole nitrogens is 1. The van der Waals surface area contributed by atoms with Crippen LogP contribution >= 0.6 is 11.6 Å². The lowest BCUT2D eigenvalue weighted by atomic mass is 10.5. The second-order valence-electron chi connectivity index (χ2n) is 1.66. The molecule has 0 saturated carbocycles. The highest BCUT2D eigenvalue weighted by molar-refractivity contribution is 6.69. The molecular formula is C5H4ClN3O2. The largest absolute Gasteiger partial charge is 0.410 e. The summed E-state index contributed by atoms with van der Waals surface area (Å²) in [5.74, 6) is 0. The first-order chi connectivity index (χ1) is 5.25. The van der Waals surface area contributed by atoms with Gasteiger partial charge in [-0.05, 0) is 0 Å². The van der Waals surface area contributed by atoms with Crippen LogP contribution < -0.4 is 5.56 Å². The summed E-state index contributed by atoms with van der Waals surface area (Å²) in [5.41, 5.74) is -0.591. The molecule has 0 bridgehead atoms. The van der Waals surface area contributed by atoms with E-state index in [0.717, 1.165) is 0 Å². The third kappa shape index (κ3) is 1.56. The van der Waals surface area contributed by atoms with Gasteiger partial charge in [0.25, 0.3) is 5.56 Å². The molecule has 0 aliphatic carbocycles. The molecule has 11 heavy (non-hydrogen) atoms. The number of oxime groups is 1. The molecule has 0 amide bonds. The van der Waals surface area contributed by atoms with Crippen LogP contribution in [0, 0.1) is 0 Å². The Labute approximate surface area is 66.3 Å². The van der Waals surface area contributed by atoms with Gasteiger partial charge in [0.05, 0.1) is 0 Å². The summed E-state index contributed by atoms with van der Waals surface area (Å²) in [6.07, 6.45) is 2.69. The lowest BCUT2D eigenvalue weighted by molar-refractivity contribution is 0.320. The highest BCUT2D eigenvalue weighted by atomic mass is 35.5. The fourth-order valence-electron chi connectivity index (χ4n) is 0.546. The van der Waals surface area contributed by atoms with Gasteiger partial charge in [-0.2, -0.15) is 0 Å². The quantitative estimate of drug-likeness (QED) is 0.360. The second kappa shape index (κ2) is 3.16. The summed E-state index contributed by atoms with van der Waals surface area (Å²) in [4.78, 5) is 16.7. The van der Waals surface area contributed by atoms with Crippen LogP contribution in [0.2, 0.25) is 0 Å². The summed E-state index contributed by atoms with van der Waals surface area (Å²) in [7, 11) is 0. The van der Waals surface area contributed by atoms with Gasteiger partial charge in [-0.3, -0.25) is 4.79 Å². The molecule has 0 atom stereocenters. The molecule has 6 heteroatoms. The van der Waals surface area contributed by atoms with E-state index in [1.54, 1.807) is 0 Å². The first-order valence-electron chi connectivity index (χ1n) is 2.67. The minimum Gasteiger partial charge on any atom is -0.410 e. The van der Waals surface area contributed by atoms with Crippen molar-refractivity contribution in [2.45, 2.75) is 0 Å². The predicted octanol–water partition coefficient (Wildman–Crippen LogP) is 0.144. The van der Waals surface area contributed by atoms with Crippen molar-refractivity contribution in [3.05, 3.63) is 28.4 Å². The molecule has 0 saturated heterocycles. The number of aromatic amines is 1. The topological polar surface area (TPSA) is 78.3 Å². The average molecular weight is 174 g/mol. The Kier molecular flexibility index (Phi) is 2.22. The van der Waals surface area contributed by atoms with Crippen LogP contribution in [-0.4, -0.2) is 20.3 Å². The fourth-order valence-corrected chi connectivity index (χ4v) is 0.681. The van der Waals surface area contributed by atoms with E-state index in [1.165, 1.54) is 12.4 Å². The summed E-state index contributed by atoms with van der Waals surface area (Å²) < 4.78 is 0. The molecule has 1 aromatic heterocycles. The van der Waals surface area contributed by atoms with Gasteiger partial charge in [-0.1, -0.05) is 16.8 Å². The van der Waals surface area contributed by atoms with Crippen LogP contribution in [0.15, 0.2) is 22.3 Å². The third-order valence-corrected chi connectivity index (χ3v) is 1.25. The molecular weight excluding hydrogens is 170 g/mol. The Hall–Kier alpha value is -1.36. The zero-order valence-corrected chi connectivity index (χ0v) is 6.04. The van der Waals surface area contributed by atoms with Crippen LogP contribution in [0.3, 0.4) is 0 Å². The van der Waals surface area contributed by atoms with E-state index >= 15 is 0 Å². The van der Waals surface area contributed by atoms with E-state index in [2.05, 4.69) is 15.1 Å². The maximum atomic E-state index is 10.8. The SMILES string of the molecule is O=c1[nH]ccnc1/C(Cl)=N/O. The van der Waals surface area contributed by atoms with Gasteiger partial charge in [0.15, 0.2) is 10.9 Å². The minimum atomic E-state index is -0.490. The molecule has 0 aliphatic heterocycles. The van der Waals surface area contributed by atoms with Crippen molar-refractivity contribution in [2.24, 2.45) is 5.16 Å². The molecule has 0 aliphatic rings. The molecule has 0 radical (unpaired) electrons. The lowest BCUT2D eigenvalue weighted by Gasteiger charge is -1.90. The molecule has 58 valence electrons. The number of halogens is 1. The second-order valence-corrected chi connectivity index (χ2v) is 2.02. The van der Waals surface area contributed by atoms with E-state index in [1.807, 2.05) is 0 Å². The van der Waals surface area contributed by atoms with E-state index in [9.17, 15) is 4.79 Å². The molecule has 2 N–H and O–H groups in total. The zero-order valence-electron chi connectivity index (χ0n) is 5.28. The van der Waals surface area contributed by atoms with Crippen molar-refractivity contribution in [2.75, 3.05) is 0 Å². The summed E-state index contributed by atoms with van der Waals surface area (Å²) in [5, 5.41) is 10.5. The van der Waals surface area contributed by atoms with Crippen molar-refractivity contribution in [1.29, 1.82) is 0 Å². The predicted molar refractivity (Wildman–Crippen MR) is 39.0 cm³/mol. The van der Waals surface area contributed by atoms with Crippen molar-refractivity contribution in [1.82, 2.24) is 9.97 Å². The smallest absolute Gasteiger partial charge is 0.277 e. The van der Waals surface area contributed by atoms with E-state index < -0.39 is 5.56 Å². The lowest BCUT2D eigenvalue weighted by Crippen LogP contribution is -2.16. The van der Waals surface area contributed by atoms with Gasteiger partial charge in [-0.15, -0.1) is 0 Å². The monoisotopic (exact) mass is 173 g/mol. The highest BCUT2D eigenvalue weighted by Crippen LogP contribution is 1.92. The molecule has 0 aromatic carbocycles.